The third kappa shape index (κ3) is 5.79. The second-order valence-corrected chi connectivity index (χ2v) is 11.0. The lowest BCUT2D eigenvalue weighted by molar-refractivity contribution is -0.122. The normalized spacial score (nSPS) is 17.9. The molecule has 1 atom stereocenters. The van der Waals surface area contributed by atoms with Gasteiger partial charge in [0.1, 0.15) is 6.54 Å². The zero-order valence-electron chi connectivity index (χ0n) is 22.0. The number of rotatable bonds is 9. The summed E-state index contributed by atoms with van der Waals surface area (Å²) in [6, 6.07) is 9.00. The van der Waals surface area contributed by atoms with E-state index >= 15 is 0 Å². The topological polar surface area (TPSA) is 130 Å². The molecule has 2 aliphatic heterocycles. The van der Waals surface area contributed by atoms with Crippen molar-refractivity contribution in [1.82, 2.24) is 25.2 Å². The van der Waals surface area contributed by atoms with Crippen molar-refractivity contribution in [3.05, 3.63) is 70.1 Å². The largest absolute Gasteiger partial charge is 0.394 e. The molecule has 3 aliphatic rings. The van der Waals surface area contributed by atoms with Gasteiger partial charge in [-0.1, -0.05) is 29.8 Å². The van der Waals surface area contributed by atoms with Gasteiger partial charge in [0, 0.05) is 54.7 Å². The molecule has 1 saturated carbocycles. The van der Waals surface area contributed by atoms with Gasteiger partial charge in [-0.15, -0.1) is 0 Å². The van der Waals surface area contributed by atoms with E-state index in [1.807, 2.05) is 24.3 Å². The molecule has 1 saturated heterocycles. The highest BCUT2D eigenvalue weighted by atomic mass is 35.5. The van der Waals surface area contributed by atoms with Crippen LogP contribution in [0.15, 0.2) is 42.7 Å². The summed E-state index contributed by atoms with van der Waals surface area (Å²) in [5, 5.41) is 16.5. The van der Waals surface area contributed by atoms with Crippen LogP contribution in [0.1, 0.15) is 64.8 Å². The number of nitrogens with one attached hydrogen (secondary N) is 2. The monoisotopic (exact) mass is 562 g/mol. The van der Waals surface area contributed by atoms with Crippen molar-refractivity contribution in [2.75, 3.05) is 31.7 Å². The maximum atomic E-state index is 13.3. The van der Waals surface area contributed by atoms with E-state index in [1.54, 1.807) is 18.5 Å². The number of ether oxygens (including phenoxy) is 1. The molecule has 0 unspecified atom stereocenters. The zero-order valence-corrected chi connectivity index (χ0v) is 22.7. The van der Waals surface area contributed by atoms with Gasteiger partial charge in [0.15, 0.2) is 0 Å². The highest BCUT2D eigenvalue weighted by Crippen LogP contribution is 2.39. The van der Waals surface area contributed by atoms with Crippen molar-refractivity contribution >= 4 is 29.4 Å². The van der Waals surface area contributed by atoms with Crippen molar-refractivity contribution in [3.63, 3.8) is 0 Å². The predicted octanol–water partition coefficient (Wildman–Crippen LogP) is 3.47. The molecule has 3 aromatic rings. The Morgan fingerprint density at radius 3 is 2.67 bits per heavy atom. The number of halogens is 1. The van der Waals surface area contributed by atoms with Gasteiger partial charge >= 0.3 is 0 Å². The fourth-order valence-electron chi connectivity index (χ4n) is 5.19. The maximum absolute atomic E-state index is 13.3. The van der Waals surface area contributed by atoms with E-state index in [9.17, 15) is 14.7 Å². The SMILES string of the molecule is O=C(CN1Cc2ccc(-c3nc(NC4CCOCC4)ncc3Cl)cc2C1=O)N[C@H](CO)c1ccc(C2CC2)nc1. The van der Waals surface area contributed by atoms with Crippen molar-refractivity contribution in [1.29, 1.82) is 0 Å². The molecule has 0 spiro atoms. The highest BCUT2D eigenvalue weighted by Gasteiger charge is 2.30. The summed E-state index contributed by atoms with van der Waals surface area (Å²) in [4.78, 5) is 41.1. The number of pyridine rings is 1. The third-order valence-electron chi connectivity index (χ3n) is 7.62. The molecule has 1 aromatic carbocycles. The molecular formula is C29H31ClN6O4. The first-order valence-electron chi connectivity index (χ1n) is 13.6. The Kier molecular flexibility index (Phi) is 7.64. The van der Waals surface area contributed by atoms with Crippen LogP contribution >= 0.6 is 11.6 Å². The fraction of sp³-hybridized carbons (Fsp3) is 0.414. The van der Waals surface area contributed by atoms with Gasteiger partial charge in [0.25, 0.3) is 5.91 Å². The number of nitrogens with zero attached hydrogens (tertiary/aromatic N) is 4. The van der Waals surface area contributed by atoms with E-state index in [1.165, 1.54) is 4.90 Å². The van der Waals surface area contributed by atoms with Gasteiger partial charge < -0.3 is 25.4 Å². The van der Waals surface area contributed by atoms with Crippen molar-refractivity contribution in [3.8, 4) is 11.3 Å². The highest BCUT2D eigenvalue weighted by molar-refractivity contribution is 6.33. The standard InChI is InChI=1S/C29H31ClN6O4/c30-23-13-32-29(33-21-7-9-40-10-8-21)35-27(23)18-3-4-20-14-36(28(39)22(20)11-18)15-26(38)34-25(16-37)19-5-6-24(31-12-19)17-1-2-17/h3-6,11-13,17,21,25,37H,1-2,7-10,14-16H2,(H,34,38)(H,32,33,35)/t25-/m1/s1. The third-order valence-corrected chi connectivity index (χ3v) is 7.90. The van der Waals surface area contributed by atoms with Crippen LogP contribution in [0.25, 0.3) is 11.3 Å². The van der Waals surface area contributed by atoms with Crippen molar-refractivity contribution in [2.45, 2.75) is 50.2 Å². The number of amides is 2. The van der Waals surface area contributed by atoms with Crippen LogP contribution in [-0.2, 0) is 16.1 Å². The Morgan fingerprint density at radius 2 is 1.95 bits per heavy atom. The first-order chi connectivity index (χ1) is 19.5. The first-order valence-corrected chi connectivity index (χ1v) is 14.0. The summed E-state index contributed by atoms with van der Waals surface area (Å²) < 4.78 is 5.42. The van der Waals surface area contributed by atoms with Crippen LogP contribution < -0.4 is 10.6 Å². The zero-order chi connectivity index (χ0) is 27.6. The Morgan fingerprint density at radius 1 is 1.12 bits per heavy atom. The molecule has 0 bridgehead atoms. The van der Waals surface area contributed by atoms with Crippen molar-refractivity contribution < 1.29 is 19.4 Å². The van der Waals surface area contributed by atoms with Crippen LogP contribution in [0.2, 0.25) is 5.02 Å². The Balaban J connectivity index is 1.11. The maximum Gasteiger partial charge on any atom is 0.254 e. The summed E-state index contributed by atoms with van der Waals surface area (Å²) in [6.07, 6.45) is 7.32. The van der Waals surface area contributed by atoms with Gasteiger partial charge in [0.2, 0.25) is 11.9 Å². The number of carbonyl (C=O) groups excluding carboxylic acids is 2. The summed E-state index contributed by atoms with van der Waals surface area (Å²) in [7, 11) is 0. The number of aliphatic hydroxyl groups excluding tert-OH is 1. The second kappa shape index (κ2) is 11.5. The number of benzene rings is 1. The minimum absolute atomic E-state index is 0.125. The molecule has 0 radical (unpaired) electrons. The number of aromatic nitrogens is 3. The van der Waals surface area contributed by atoms with Gasteiger partial charge in [-0.2, -0.15) is 0 Å². The van der Waals surface area contributed by atoms with E-state index < -0.39 is 6.04 Å². The first kappa shape index (κ1) is 26.6. The predicted molar refractivity (Wildman–Crippen MR) is 149 cm³/mol. The molecule has 2 amide bonds. The van der Waals surface area contributed by atoms with E-state index in [0.717, 1.165) is 42.5 Å². The van der Waals surface area contributed by atoms with Gasteiger partial charge in [-0.25, -0.2) is 9.97 Å². The minimum Gasteiger partial charge on any atom is -0.394 e. The van der Waals surface area contributed by atoms with Crippen LogP contribution in [0.3, 0.4) is 0 Å². The molecular weight excluding hydrogens is 532 g/mol. The Hall–Kier alpha value is -3.60. The van der Waals surface area contributed by atoms with E-state index in [2.05, 4.69) is 25.6 Å². The average Bonchev–Trinajstić information content (AvgIpc) is 3.78. The molecule has 2 aromatic heterocycles. The van der Waals surface area contributed by atoms with E-state index in [-0.39, 0.29) is 31.0 Å². The number of aliphatic hydroxyl groups is 1. The number of anilines is 1. The number of carbonyl (C=O) groups is 2. The summed E-state index contributed by atoms with van der Waals surface area (Å²) in [5.74, 6) is 0.413. The Labute approximate surface area is 237 Å². The number of hydrogen-bond donors (Lipinski definition) is 3. The van der Waals surface area contributed by atoms with Crippen LogP contribution in [0.4, 0.5) is 5.95 Å². The minimum atomic E-state index is -0.594. The molecule has 1 aliphatic carbocycles. The molecule has 3 N–H and O–H groups in total. The molecule has 4 heterocycles. The van der Waals surface area contributed by atoms with Crippen LogP contribution in [-0.4, -0.2) is 69.2 Å². The Bertz CT molecular complexity index is 1410. The molecule has 2 fully saturated rings. The van der Waals surface area contributed by atoms with Gasteiger partial charge in [-0.05, 0) is 48.9 Å². The van der Waals surface area contributed by atoms with E-state index in [0.29, 0.717) is 53.5 Å². The van der Waals surface area contributed by atoms with Crippen LogP contribution in [0.5, 0.6) is 0 Å². The number of hydrogen-bond acceptors (Lipinski definition) is 8. The lowest BCUT2D eigenvalue weighted by Crippen LogP contribution is -2.40. The molecule has 6 rings (SSSR count). The summed E-state index contributed by atoms with van der Waals surface area (Å²) in [5.41, 5.74) is 4.34. The molecule has 208 valence electrons. The molecule has 11 heteroatoms. The summed E-state index contributed by atoms with van der Waals surface area (Å²) >= 11 is 6.45. The van der Waals surface area contributed by atoms with Gasteiger partial charge in [0.05, 0.1) is 29.6 Å². The van der Waals surface area contributed by atoms with Crippen molar-refractivity contribution in [2.24, 2.45) is 0 Å². The second-order valence-electron chi connectivity index (χ2n) is 10.5. The van der Waals surface area contributed by atoms with E-state index in [4.69, 9.17) is 16.3 Å². The lowest BCUT2D eigenvalue weighted by atomic mass is 10.0. The molecule has 40 heavy (non-hydrogen) atoms. The quantitative estimate of drug-likeness (QED) is 0.361. The molecule has 10 nitrogen and oxygen atoms in total. The van der Waals surface area contributed by atoms with Gasteiger partial charge in [-0.3, -0.25) is 14.6 Å². The summed E-state index contributed by atoms with van der Waals surface area (Å²) in [6.45, 7) is 1.33. The average molecular weight is 563 g/mol. The smallest absolute Gasteiger partial charge is 0.254 e. The number of fused-ring (bicyclic) bond motifs is 1. The van der Waals surface area contributed by atoms with Crippen LogP contribution in [0, 0.1) is 0 Å². The lowest BCUT2D eigenvalue weighted by Gasteiger charge is -2.23. The fourth-order valence-corrected chi connectivity index (χ4v) is 5.39.